The Labute approximate surface area is 127 Å². The maximum atomic E-state index is 12.2. The third-order valence-corrected chi connectivity index (χ3v) is 5.96. The van der Waals surface area contributed by atoms with E-state index in [0.29, 0.717) is 0 Å². The number of hydrogen-bond acceptors (Lipinski definition) is 3. The molecule has 0 aromatic carbocycles. The van der Waals surface area contributed by atoms with Gasteiger partial charge in [-0.3, -0.25) is 4.79 Å². The Kier molecular flexibility index (Phi) is 4.22. The highest BCUT2D eigenvalue weighted by Gasteiger charge is 2.20. The molecule has 2 heterocycles. The van der Waals surface area contributed by atoms with Crippen LogP contribution in [0.5, 0.6) is 0 Å². The monoisotopic (exact) mass is 305 g/mol. The summed E-state index contributed by atoms with van der Waals surface area (Å²) in [6.07, 6.45) is 4.45. The van der Waals surface area contributed by atoms with Crippen molar-refractivity contribution in [1.82, 2.24) is 5.32 Å². The molecule has 0 saturated carbocycles. The molecule has 0 radical (unpaired) electrons. The molecule has 1 N–H and O–H groups in total. The molecule has 2 aromatic heterocycles. The molecule has 0 fully saturated rings. The van der Waals surface area contributed by atoms with Crippen molar-refractivity contribution < 1.29 is 4.79 Å². The van der Waals surface area contributed by atoms with Gasteiger partial charge in [-0.1, -0.05) is 13.0 Å². The third-order valence-electron chi connectivity index (χ3n) is 3.79. The van der Waals surface area contributed by atoms with Crippen LogP contribution in [0.15, 0.2) is 23.6 Å². The number of fused-ring (bicyclic) bond motifs is 1. The standard InChI is InChI=1S/C16H19NOS2/c1-11-4-5-14-12(9-11)10-15(20-14)16(18)17-7-6-13-3-2-8-19-13/h2-3,8,10-11H,4-7,9H2,1H3,(H,17,18). The molecular formula is C16H19NOS2. The zero-order valence-electron chi connectivity index (χ0n) is 11.6. The van der Waals surface area contributed by atoms with E-state index < -0.39 is 0 Å². The van der Waals surface area contributed by atoms with Gasteiger partial charge in [-0.05, 0) is 54.7 Å². The van der Waals surface area contributed by atoms with E-state index in [2.05, 4.69) is 35.8 Å². The summed E-state index contributed by atoms with van der Waals surface area (Å²) in [5, 5.41) is 5.11. The Morgan fingerprint density at radius 3 is 3.20 bits per heavy atom. The Morgan fingerprint density at radius 2 is 2.40 bits per heavy atom. The molecule has 0 aliphatic heterocycles. The average Bonchev–Trinajstić information content (AvgIpc) is 3.06. The quantitative estimate of drug-likeness (QED) is 0.912. The maximum Gasteiger partial charge on any atom is 0.261 e. The Bertz CT molecular complexity index is 586. The summed E-state index contributed by atoms with van der Waals surface area (Å²) in [5.74, 6) is 0.848. The minimum absolute atomic E-state index is 0.0913. The zero-order chi connectivity index (χ0) is 13.9. The fourth-order valence-corrected chi connectivity index (χ4v) is 4.49. The predicted molar refractivity (Wildman–Crippen MR) is 85.9 cm³/mol. The van der Waals surface area contributed by atoms with Gasteiger partial charge < -0.3 is 5.32 Å². The molecule has 3 rings (SSSR count). The van der Waals surface area contributed by atoms with Crippen molar-refractivity contribution in [3.8, 4) is 0 Å². The molecule has 106 valence electrons. The van der Waals surface area contributed by atoms with Crippen molar-refractivity contribution in [2.75, 3.05) is 6.54 Å². The van der Waals surface area contributed by atoms with Crippen molar-refractivity contribution in [2.24, 2.45) is 5.92 Å². The third kappa shape index (κ3) is 3.13. The molecule has 20 heavy (non-hydrogen) atoms. The van der Waals surface area contributed by atoms with Crippen LogP contribution in [0.2, 0.25) is 0 Å². The summed E-state index contributed by atoms with van der Waals surface area (Å²) < 4.78 is 0. The van der Waals surface area contributed by atoms with Crippen LogP contribution in [0.25, 0.3) is 0 Å². The van der Waals surface area contributed by atoms with Crippen LogP contribution < -0.4 is 5.32 Å². The molecule has 1 aliphatic carbocycles. The minimum Gasteiger partial charge on any atom is -0.351 e. The van der Waals surface area contributed by atoms with E-state index in [1.807, 2.05) is 0 Å². The van der Waals surface area contributed by atoms with Gasteiger partial charge in [0.2, 0.25) is 0 Å². The van der Waals surface area contributed by atoms with E-state index in [1.165, 1.54) is 21.7 Å². The topological polar surface area (TPSA) is 29.1 Å². The summed E-state index contributed by atoms with van der Waals surface area (Å²) in [7, 11) is 0. The average molecular weight is 305 g/mol. The summed E-state index contributed by atoms with van der Waals surface area (Å²) in [4.78, 5) is 15.8. The number of carbonyl (C=O) groups excluding carboxylic acids is 1. The highest BCUT2D eigenvalue weighted by atomic mass is 32.1. The van der Waals surface area contributed by atoms with Gasteiger partial charge in [0.05, 0.1) is 4.88 Å². The second kappa shape index (κ2) is 6.10. The first kappa shape index (κ1) is 13.8. The van der Waals surface area contributed by atoms with Crippen molar-refractivity contribution in [1.29, 1.82) is 0 Å². The van der Waals surface area contributed by atoms with Crippen LogP contribution in [0.1, 0.15) is 38.3 Å². The van der Waals surface area contributed by atoms with Crippen LogP contribution in [-0.4, -0.2) is 12.5 Å². The molecule has 0 bridgehead atoms. The Hall–Kier alpha value is -1.13. The molecule has 0 saturated heterocycles. The van der Waals surface area contributed by atoms with Crippen LogP contribution in [0.3, 0.4) is 0 Å². The molecule has 0 spiro atoms. The lowest BCUT2D eigenvalue weighted by Crippen LogP contribution is -2.24. The first-order chi connectivity index (χ1) is 9.72. The molecule has 2 nitrogen and oxygen atoms in total. The number of rotatable bonds is 4. The normalized spacial score (nSPS) is 17.8. The summed E-state index contributed by atoms with van der Waals surface area (Å²) in [5.41, 5.74) is 1.40. The smallest absolute Gasteiger partial charge is 0.261 e. The first-order valence-electron chi connectivity index (χ1n) is 7.14. The number of carbonyl (C=O) groups is 1. The molecule has 1 atom stereocenters. The van der Waals surface area contributed by atoms with Crippen molar-refractivity contribution in [2.45, 2.75) is 32.6 Å². The van der Waals surface area contributed by atoms with Gasteiger partial charge >= 0.3 is 0 Å². The van der Waals surface area contributed by atoms with Gasteiger partial charge in [-0.25, -0.2) is 0 Å². The lowest BCUT2D eigenvalue weighted by Gasteiger charge is -2.16. The van der Waals surface area contributed by atoms with Gasteiger partial charge in [-0.15, -0.1) is 22.7 Å². The van der Waals surface area contributed by atoms with Gasteiger partial charge in [-0.2, -0.15) is 0 Å². The summed E-state index contributed by atoms with van der Waals surface area (Å²) >= 11 is 3.43. The van der Waals surface area contributed by atoms with E-state index in [9.17, 15) is 4.79 Å². The Balaban J connectivity index is 1.57. The molecular weight excluding hydrogens is 286 g/mol. The second-order valence-electron chi connectivity index (χ2n) is 5.49. The summed E-state index contributed by atoms with van der Waals surface area (Å²) in [6.45, 7) is 3.01. The van der Waals surface area contributed by atoms with Crippen molar-refractivity contribution >= 4 is 28.6 Å². The van der Waals surface area contributed by atoms with Crippen molar-refractivity contribution in [3.63, 3.8) is 0 Å². The number of nitrogens with one attached hydrogen (secondary N) is 1. The lowest BCUT2D eigenvalue weighted by atomic mass is 9.90. The number of hydrogen-bond donors (Lipinski definition) is 1. The van der Waals surface area contributed by atoms with Gasteiger partial charge in [0, 0.05) is 16.3 Å². The van der Waals surface area contributed by atoms with Crippen LogP contribution in [0, 0.1) is 5.92 Å². The SMILES string of the molecule is CC1CCc2sc(C(=O)NCCc3cccs3)cc2C1. The second-order valence-corrected chi connectivity index (χ2v) is 7.66. The van der Waals surface area contributed by atoms with Gasteiger partial charge in [0.25, 0.3) is 5.91 Å². The van der Waals surface area contributed by atoms with Gasteiger partial charge in [0.1, 0.15) is 0 Å². The molecule has 1 unspecified atom stereocenters. The van der Waals surface area contributed by atoms with Crippen LogP contribution in [-0.2, 0) is 19.3 Å². The van der Waals surface area contributed by atoms with E-state index in [1.54, 1.807) is 22.7 Å². The number of amides is 1. The fourth-order valence-electron chi connectivity index (χ4n) is 2.66. The molecule has 2 aromatic rings. The number of thiophene rings is 2. The van der Waals surface area contributed by atoms with Crippen molar-refractivity contribution in [3.05, 3.63) is 43.8 Å². The number of aryl methyl sites for hydroxylation is 1. The van der Waals surface area contributed by atoms with E-state index in [4.69, 9.17) is 0 Å². The summed E-state index contributed by atoms with van der Waals surface area (Å²) in [6, 6.07) is 6.27. The molecule has 4 heteroatoms. The maximum absolute atomic E-state index is 12.2. The molecule has 1 aliphatic rings. The lowest BCUT2D eigenvalue weighted by molar-refractivity contribution is 0.0958. The Morgan fingerprint density at radius 1 is 1.50 bits per heavy atom. The van der Waals surface area contributed by atoms with Crippen LogP contribution >= 0.6 is 22.7 Å². The highest BCUT2D eigenvalue weighted by Crippen LogP contribution is 2.32. The highest BCUT2D eigenvalue weighted by molar-refractivity contribution is 7.14. The predicted octanol–water partition coefficient (Wildman–Crippen LogP) is 3.91. The van der Waals surface area contributed by atoms with E-state index in [0.717, 1.165) is 36.6 Å². The fraction of sp³-hybridized carbons (Fsp3) is 0.438. The van der Waals surface area contributed by atoms with Gasteiger partial charge in [0.15, 0.2) is 0 Å². The van der Waals surface area contributed by atoms with E-state index >= 15 is 0 Å². The minimum atomic E-state index is 0.0913. The molecule has 1 amide bonds. The van der Waals surface area contributed by atoms with E-state index in [-0.39, 0.29) is 5.91 Å². The first-order valence-corrected chi connectivity index (χ1v) is 8.84. The van der Waals surface area contributed by atoms with Crippen LogP contribution in [0.4, 0.5) is 0 Å². The zero-order valence-corrected chi connectivity index (χ0v) is 13.3. The largest absolute Gasteiger partial charge is 0.351 e.